The molecule has 0 aliphatic carbocycles. The van der Waals surface area contributed by atoms with Gasteiger partial charge in [0.2, 0.25) is 0 Å². The molecule has 1 heterocycles. The van der Waals surface area contributed by atoms with Crippen molar-refractivity contribution < 1.29 is 0 Å². The molecule has 3 heteroatoms. The van der Waals surface area contributed by atoms with Crippen LogP contribution in [0.15, 0.2) is 52.1 Å². The first-order valence-electron chi connectivity index (χ1n) is 4.94. The Labute approximate surface area is 92.5 Å². The Morgan fingerprint density at radius 2 is 1.93 bits per heavy atom. The Kier molecular flexibility index (Phi) is 2.18. The summed E-state index contributed by atoms with van der Waals surface area (Å²) in [5, 5.41) is 6.76. The summed E-state index contributed by atoms with van der Waals surface area (Å²) in [6.07, 6.45) is 0. The molecule has 0 saturated carbocycles. The maximum Gasteiger partial charge on any atom is 0.108 e. The third-order valence-corrected chi connectivity index (χ3v) is 3.31. The molecular weight excluding hydrogens is 204 g/mol. The molecule has 0 bridgehead atoms. The summed E-state index contributed by atoms with van der Waals surface area (Å²) >= 11 is 1.54. The lowest BCUT2D eigenvalue weighted by atomic mass is 10.0. The number of nitrogens with zero attached hydrogens (tertiary/aromatic N) is 2. The number of fused-ring (bicyclic) bond motifs is 1. The van der Waals surface area contributed by atoms with Crippen LogP contribution in [0, 0.1) is 0 Å². The summed E-state index contributed by atoms with van der Waals surface area (Å²) in [6, 6.07) is 15.2. The van der Waals surface area contributed by atoms with Gasteiger partial charge in [0.1, 0.15) is 6.04 Å². The molecule has 0 fully saturated rings. The summed E-state index contributed by atoms with van der Waals surface area (Å²) in [7, 11) is 0. The Balaban J connectivity index is 2.09. The van der Waals surface area contributed by atoms with Gasteiger partial charge in [0.05, 0.1) is 0 Å². The second kappa shape index (κ2) is 3.66. The van der Waals surface area contributed by atoms with Crippen molar-refractivity contribution in [1.82, 2.24) is 0 Å². The van der Waals surface area contributed by atoms with Crippen molar-refractivity contribution in [2.45, 2.75) is 6.04 Å². The molecule has 0 saturated heterocycles. The van der Waals surface area contributed by atoms with E-state index in [0.717, 1.165) is 5.75 Å². The monoisotopic (exact) mass is 214 g/mol. The van der Waals surface area contributed by atoms with E-state index in [1.54, 1.807) is 11.9 Å². The number of rotatable bonds is 1. The average Bonchev–Trinajstić information content (AvgIpc) is 2.82. The third kappa shape index (κ3) is 1.63. The zero-order valence-electron chi connectivity index (χ0n) is 8.13. The van der Waals surface area contributed by atoms with Crippen molar-refractivity contribution in [1.29, 1.82) is 0 Å². The molecule has 0 spiro atoms. The van der Waals surface area contributed by atoms with Gasteiger partial charge < -0.3 is 0 Å². The van der Waals surface area contributed by atoms with Gasteiger partial charge in [-0.15, -0.1) is 4.52 Å². The highest BCUT2D eigenvalue weighted by molar-refractivity contribution is 7.98. The van der Waals surface area contributed by atoms with Crippen LogP contribution in [0.1, 0.15) is 11.6 Å². The Morgan fingerprint density at radius 1 is 1.07 bits per heavy atom. The van der Waals surface area contributed by atoms with Gasteiger partial charge in [0.15, 0.2) is 0 Å². The topological polar surface area (TPSA) is 24.7 Å². The van der Waals surface area contributed by atoms with E-state index in [2.05, 4.69) is 52.1 Å². The van der Waals surface area contributed by atoms with E-state index in [9.17, 15) is 0 Å². The zero-order valence-corrected chi connectivity index (χ0v) is 8.95. The molecule has 1 unspecified atom stereocenters. The van der Waals surface area contributed by atoms with Crippen molar-refractivity contribution in [3.05, 3.63) is 48.0 Å². The number of hydrogen-bond donors (Lipinski definition) is 0. The van der Waals surface area contributed by atoms with Crippen LogP contribution in [-0.2, 0) is 0 Å². The minimum absolute atomic E-state index is 0.250. The van der Waals surface area contributed by atoms with Gasteiger partial charge in [0, 0.05) is 5.75 Å². The lowest BCUT2D eigenvalue weighted by Gasteiger charge is -2.06. The van der Waals surface area contributed by atoms with Crippen LogP contribution in [0.5, 0.6) is 0 Å². The van der Waals surface area contributed by atoms with Crippen LogP contribution in [0.2, 0.25) is 0 Å². The third-order valence-electron chi connectivity index (χ3n) is 2.63. The van der Waals surface area contributed by atoms with Crippen molar-refractivity contribution in [2.75, 3.05) is 5.75 Å². The summed E-state index contributed by atoms with van der Waals surface area (Å²) < 4.78 is 3.96. The minimum Gasteiger partial charge on any atom is -0.173 e. The predicted octanol–water partition coefficient (Wildman–Crippen LogP) is 3.99. The normalized spacial score (nSPS) is 19.9. The minimum atomic E-state index is 0.250. The van der Waals surface area contributed by atoms with Gasteiger partial charge in [-0.3, -0.25) is 0 Å². The van der Waals surface area contributed by atoms with Crippen molar-refractivity contribution in [3.63, 3.8) is 0 Å². The van der Waals surface area contributed by atoms with Crippen LogP contribution < -0.4 is 0 Å². The van der Waals surface area contributed by atoms with Gasteiger partial charge in [-0.1, -0.05) is 36.4 Å². The van der Waals surface area contributed by atoms with Gasteiger partial charge >= 0.3 is 0 Å². The maximum atomic E-state index is 4.20. The smallest absolute Gasteiger partial charge is 0.108 e. The van der Waals surface area contributed by atoms with Gasteiger partial charge in [-0.2, -0.15) is 5.11 Å². The van der Waals surface area contributed by atoms with Crippen LogP contribution in [0.4, 0.5) is 0 Å². The molecule has 1 aliphatic rings. The molecule has 1 aliphatic heterocycles. The van der Waals surface area contributed by atoms with Crippen molar-refractivity contribution in [2.24, 2.45) is 9.63 Å². The second-order valence-corrected chi connectivity index (χ2v) is 4.37. The standard InChI is InChI=1S/C12H10N2S/c1-2-4-10-7-11(6-5-9(10)3-1)12-8-15-14-13-12/h1-7,12H,8H2. The SMILES string of the molecule is c1ccc2cc(C3CSN=N3)ccc2c1. The van der Waals surface area contributed by atoms with Crippen molar-refractivity contribution in [3.8, 4) is 0 Å². The highest BCUT2D eigenvalue weighted by atomic mass is 32.2. The molecular formula is C12H10N2S. The lowest BCUT2D eigenvalue weighted by molar-refractivity contribution is 0.817. The molecule has 15 heavy (non-hydrogen) atoms. The quantitative estimate of drug-likeness (QED) is 0.658. The molecule has 2 nitrogen and oxygen atoms in total. The summed E-state index contributed by atoms with van der Waals surface area (Å²) in [5.41, 5.74) is 1.27. The molecule has 0 amide bonds. The fourth-order valence-electron chi connectivity index (χ4n) is 1.81. The molecule has 74 valence electrons. The summed E-state index contributed by atoms with van der Waals surface area (Å²) in [4.78, 5) is 0. The zero-order chi connectivity index (χ0) is 10.1. The van der Waals surface area contributed by atoms with E-state index in [1.165, 1.54) is 16.3 Å². The number of benzene rings is 2. The van der Waals surface area contributed by atoms with Crippen LogP contribution in [0.25, 0.3) is 10.8 Å². The van der Waals surface area contributed by atoms with E-state index < -0.39 is 0 Å². The lowest BCUT2D eigenvalue weighted by Crippen LogP contribution is -1.93. The van der Waals surface area contributed by atoms with Gasteiger partial charge in [-0.05, 0) is 34.4 Å². The van der Waals surface area contributed by atoms with Crippen LogP contribution in [-0.4, -0.2) is 5.75 Å². The first kappa shape index (κ1) is 8.92. The Bertz CT molecular complexity index is 522. The van der Waals surface area contributed by atoms with E-state index >= 15 is 0 Å². The number of hydrogen-bond acceptors (Lipinski definition) is 3. The molecule has 0 N–H and O–H groups in total. The van der Waals surface area contributed by atoms with Gasteiger partial charge in [0.25, 0.3) is 0 Å². The van der Waals surface area contributed by atoms with Crippen LogP contribution in [0.3, 0.4) is 0 Å². The Morgan fingerprint density at radius 3 is 2.73 bits per heavy atom. The highest BCUT2D eigenvalue weighted by Crippen LogP contribution is 2.31. The van der Waals surface area contributed by atoms with Crippen LogP contribution >= 0.6 is 11.9 Å². The maximum absolute atomic E-state index is 4.20. The van der Waals surface area contributed by atoms with E-state index in [4.69, 9.17) is 0 Å². The average molecular weight is 214 g/mol. The molecule has 2 aromatic rings. The van der Waals surface area contributed by atoms with E-state index in [0.29, 0.717) is 0 Å². The largest absolute Gasteiger partial charge is 0.173 e. The fourth-order valence-corrected chi connectivity index (χ4v) is 2.45. The predicted molar refractivity (Wildman–Crippen MR) is 64.0 cm³/mol. The van der Waals surface area contributed by atoms with E-state index in [-0.39, 0.29) is 6.04 Å². The van der Waals surface area contributed by atoms with Crippen molar-refractivity contribution >= 4 is 22.7 Å². The highest BCUT2D eigenvalue weighted by Gasteiger charge is 2.15. The second-order valence-electron chi connectivity index (χ2n) is 3.62. The molecule has 3 rings (SSSR count). The first-order valence-corrected chi connectivity index (χ1v) is 5.88. The molecule has 1 atom stereocenters. The summed E-state index contributed by atoms with van der Waals surface area (Å²) in [5.74, 6) is 0.971. The first-order chi connectivity index (χ1) is 7.43. The summed E-state index contributed by atoms with van der Waals surface area (Å²) in [6.45, 7) is 0. The fraction of sp³-hybridized carbons (Fsp3) is 0.167. The van der Waals surface area contributed by atoms with Gasteiger partial charge in [-0.25, -0.2) is 0 Å². The molecule has 2 aromatic carbocycles. The molecule has 0 aromatic heterocycles. The molecule has 0 radical (unpaired) electrons. The van der Waals surface area contributed by atoms with E-state index in [1.807, 2.05) is 0 Å². The Hall–Kier alpha value is -1.35.